The summed E-state index contributed by atoms with van der Waals surface area (Å²) in [5.41, 5.74) is 1.37. The molecule has 1 aliphatic rings. The third-order valence-corrected chi connectivity index (χ3v) is 5.28. The SMILES string of the molecule is CCOC(=O)c1c(NC(=O)N2CCC(C)CC2)sc(C)c1C. The zero-order valence-corrected chi connectivity index (χ0v) is 14.5. The van der Waals surface area contributed by atoms with E-state index in [0.29, 0.717) is 23.1 Å². The standard InChI is InChI=1S/C16H24N2O3S/c1-5-21-15(19)13-11(3)12(4)22-14(13)17-16(20)18-8-6-10(2)7-9-18/h10H,5-9H2,1-4H3,(H,17,20). The molecule has 0 unspecified atom stereocenters. The molecule has 2 amide bonds. The van der Waals surface area contributed by atoms with Gasteiger partial charge in [-0.3, -0.25) is 5.32 Å². The smallest absolute Gasteiger partial charge is 0.341 e. The van der Waals surface area contributed by atoms with Crippen molar-refractivity contribution in [3.63, 3.8) is 0 Å². The zero-order valence-electron chi connectivity index (χ0n) is 13.7. The van der Waals surface area contributed by atoms with E-state index in [4.69, 9.17) is 4.74 Å². The van der Waals surface area contributed by atoms with Gasteiger partial charge >= 0.3 is 12.0 Å². The van der Waals surface area contributed by atoms with Crippen LogP contribution in [-0.2, 0) is 4.74 Å². The molecule has 1 aromatic heterocycles. The molecular formula is C16H24N2O3S. The van der Waals surface area contributed by atoms with Crippen molar-refractivity contribution in [2.75, 3.05) is 25.0 Å². The largest absolute Gasteiger partial charge is 0.462 e. The molecule has 1 fully saturated rings. The average molecular weight is 324 g/mol. The number of hydrogen-bond acceptors (Lipinski definition) is 4. The Balaban J connectivity index is 2.13. The van der Waals surface area contributed by atoms with Gasteiger partial charge < -0.3 is 9.64 Å². The maximum Gasteiger partial charge on any atom is 0.341 e. The third kappa shape index (κ3) is 3.61. The van der Waals surface area contributed by atoms with E-state index in [1.807, 2.05) is 18.7 Å². The van der Waals surface area contributed by atoms with Crippen molar-refractivity contribution in [3.05, 3.63) is 16.0 Å². The molecule has 2 heterocycles. The van der Waals surface area contributed by atoms with Crippen LogP contribution in [-0.4, -0.2) is 36.6 Å². The quantitative estimate of drug-likeness (QED) is 0.860. The van der Waals surface area contributed by atoms with Crippen LogP contribution in [0.25, 0.3) is 0 Å². The van der Waals surface area contributed by atoms with Gasteiger partial charge in [0.05, 0.1) is 12.2 Å². The number of piperidine rings is 1. The van der Waals surface area contributed by atoms with E-state index in [9.17, 15) is 9.59 Å². The molecule has 0 bridgehead atoms. The molecule has 0 saturated carbocycles. The fourth-order valence-corrected chi connectivity index (χ4v) is 3.59. The number of hydrogen-bond donors (Lipinski definition) is 1. The fourth-order valence-electron chi connectivity index (χ4n) is 2.55. The monoisotopic (exact) mass is 324 g/mol. The number of rotatable bonds is 3. The molecular weight excluding hydrogens is 300 g/mol. The topological polar surface area (TPSA) is 58.6 Å². The van der Waals surface area contributed by atoms with Crippen LogP contribution in [0, 0.1) is 19.8 Å². The van der Waals surface area contributed by atoms with Gasteiger partial charge in [-0.1, -0.05) is 6.92 Å². The van der Waals surface area contributed by atoms with Crippen LogP contribution in [0.3, 0.4) is 0 Å². The molecule has 22 heavy (non-hydrogen) atoms. The minimum Gasteiger partial charge on any atom is -0.462 e. The summed E-state index contributed by atoms with van der Waals surface area (Å²) in [6.07, 6.45) is 2.06. The van der Waals surface area contributed by atoms with Crippen molar-refractivity contribution < 1.29 is 14.3 Å². The van der Waals surface area contributed by atoms with Gasteiger partial charge in [-0.25, -0.2) is 9.59 Å². The highest BCUT2D eigenvalue weighted by molar-refractivity contribution is 7.16. The van der Waals surface area contributed by atoms with E-state index in [-0.39, 0.29) is 12.0 Å². The van der Waals surface area contributed by atoms with E-state index in [1.165, 1.54) is 11.3 Å². The first-order chi connectivity index (χ1) is 10.4. The molecule has 1 N–H and O–H groups in total. The number of esters is 1. The highest BCUT2D eigenvalue weighted by Gasteiger charge is 2.25. The van der Waals surface area contributed by atoms with Crippen molar-refractivity contribution in [3.8, 4) is 0 Å². The highest BCUT2D eigenvalue weighted by Crippen LogP contribution is 2.33. The van der Waals surface area contributed by atoms with Gasteiger partial charge in [0.2, 0.25) is 0 Å². The van der Waals surface area contributed by atoms with Gasteiger partial charge in [-0.2, -0.15) is 0 Å². The molecule has 122 valence electrons. The van der Waals surface area contributed by atoms with Crippen LogP contribution in [0.2, 0.25) is 0 Å². The van der Waals surface area contributed by atoms with Crippen molar-refractivity contribution in [1.29, 1.82) is 0 Å². The molecule has 6 heteroatoms. The van der Waals surface area contributed by atoms with Crippen LogP contribution in [0.15, 0.2) is 0 Å². The third-order valence-electron chi connectivity index (χ3n) is 4.16. The second-order valence-electron chi connectivity index (χ2n) is 5.81. The molecule has 0 aliphatic carbocycles. The lowest BCUT2D eigenvalue weighted by Gasteiger charge is -2.30. The summed E-state index contributed by atoms with van der Waals surface area (Å²) in [6, 6.07) is -0.126. The first kappa shape index (κ1) is 16.8. The molecule has 0 atom stereocenters. The number of thiophene rings is 1. The molecule has 5 nitrogen and oxygen atoms in total. The summed E-state index contributed by atoms with van der Waals surface area (Å²) >= 11 is 1.43. The van der Waals surface area contributed by atoms with E-state index in [0.717, 1.165) is 36.4 Å². The molecule has 0 radical (unpaired) electrons. The number of nitrogens with one attached hydrogen (secondary N) is 1. The first-order valence-corrected chi connectivity index (χ1v) is 8.58. The predicted octanol–water partition coefficient (Wildman–Crippen LogP) is 3.81. The maximum absolute atomic E-state index is 12.4. The number of aryl methyl sites for hydroxylation is 1. The second-order valence-corrected chi connectivity index (χ2v) is 7.03. The van der Waals surface area contributed by atoms with Gasteiger partial charge in [0.15, 0.2) is 0 Å². The number of carbonyl (C=O) groups is 2. The van der Waals surface area contributed by atoms with Crippen molar-refractivity contribution in [2.45, 2.75) is 40.5 Å². The van der Waals surface area contributed by atoms with Gasteiger partial charge in [0.25, 0.3) is 0 Å². The Morgan fingerprint density at radius 3 is 2.55 bits per heavy atom. The Morgan fingerprint density at radius 2 is 1.95 bits per heavy atom. The lowest BCUT2D eigenvalue weighted by molar-refractivity contribution is 0.0527. The van der Waals surface area contributed by atoms with E-state index in [2.05, 4.69) is 12.2 Å². The number of amides is 2. The number of anilines is 1. The minimum absolute atomic E-state index is 0.126. The molecule has 0 spiro atoms. The van der Waals surface area contributed by atoms with Gasteiger partial charge in [-0.05, 0) is 45.1 Å². The Morgan fingerprint density at radius 1 is 1.32 bits per heavy atom. The summed E-state index contributed by atoms with van der Waals surface area (Å²) in [6.45, 7) is 9.68. The van der Waals surface area contributed by atoms with Crippen LogP contribution in [0.4, 0.5) is 9.80 Å². The Hall–Kier alpha value is -1.56. The lowest BCUT2D eigenvalue weighted by atomic mass is 10.00. The van der Waals surface area contributed by atoms with E-state index in [1.54, 1.807) is 6.92 Å². The van der Waals surface area contributed by atoms with Crippen LogP contribution in [0.1, 0.15) is 47.5 Å². The summed E-state index contributed by atoms with van der Waals surface area (Å²) in [7, 11) is 0. The lowest BCUT2D eigenvalue weighted by Crippen LogP contribution is -2.40. The van der Waals surface area contributed by atoms with Crippen LogP contribution >= 0.6 is 11.3 Å². The van der Waals surface area contributed by atoms with E-state index >= 15 is 0 Å². The number of urea groups is 1. The van der Waals surface area contributed by atoms with Crippen LogP contribution < -0.4 is 5.32 Å². The van der Waals surface area contributed by atoms with Gasteiger partial charge in [-0.15, -0.1) is 11.3 Å². The van der Waals surface area contributed by atoms with Gasteiger partial charge in [0.1, 0.15) is 5.00 Å². The normalized spacial score (nSPS) is 15.7. The summed E-state index contributed by atoms with van der Waals surface area (Å²) in [5.74, 6) is 0.303. The van der Waals surface area contributed by atoms with Crippen molar-refractivity contribution in [2.24, 2.45) is 5.92 Å². The number of likely N-dealkylation sites (tertiary alicyclic amines) is 1. The Kier molecular flexibility index (Phi) is 5.45. The molecule has 1 aromatic rings. The summed E-state index contributed by atoms with van der Waals surface area (Å²) in [5, 5.41) is 3.50. The summed E-state index contributed by atoms with van der Waals surface area (Å²) in [4.78, 5) is 27.4. The van der Waals surface area contributed by atoms with E-state index < -0.39 is 0 Å². The van der Waals surface area contributed by atoms with Crippen molar-refractivity contribution >= 4 is 28.3 Å². The highest BCUT2D eigenvalue weighted by atomic mass is 32.1. The molecule has 1 saturated heterocycles. The number of ether oxygens (including phenoxy) is 1. The van der Waals surface area contributed by atoms with Gasteiger partial charge in [0, 0.05) is 18.0 Å². The Labute approximate surface area is 135 Å². The Bertz CT molecular complexity index is 560. The molecule has 1 aliphatic heterocycles. The summed E-state index contributed by atoms with van der Waals surface area (Å²) < 4.78 is 5.11. The molecule has 2 rings (SSSR count). The number of nitrogens with zero attached hydrogens (tertiary/aromatic N) is 1. The minimum atomic E-state index is -0.369. The molecule has 0 aromatic carbocycles. The van der Waals surface area contributed by atoms with Crippen LogP contribution in [0.5, 0.6) is 0 Å². The maximum atomic E-state index is 12.4. The number of carbonyl (C=O) groups excluding carboxylic acids is 2. The van der Waals surface area contributed by atoms with Crippen molar-refractivity contribution in [1.82, 2.24) is 4.90 Å². The first-order valence-electron chi connectivity index (χ1n) is 7.77. The zero-order chi connectivity index (χ0) is 16.3. The second kappa shape index (κ2) is 7.13. The predicted molar refractivity (Wildman–Crippen MR) is 88.7 cm³/mol. The average Bonchev–Trinajstić information content (AvgIpc) is 2.74. The fraction of sp³-hybridized carbons (Fsp3) is 0.625.